The van der Waals surface area contributed by atoms with Gasteiger partial charge in [0.2, 0.25) is 5.91 Å². The molecular formula is C16H19N3O3. The fourth-order valence-corrected chi connectivity index (χ4v) is 3.64. The van der Waals surface area contributed by atoms with Crippen LogP contribution in [0.3, 0.4) is 0 Å². The van der Waals surface area contributed by atoms with Crippen molar-refractivity contribution in [1.82, 2.24) is 5.43 Å². The largest absolute Gasteiger partial charge is 0.273 e. The highest BCUT2D eigenvalue weighted by atomic mass is 16.6. The van der Waals surface area contributed by atoms with Crippen molar-refractivity contribution in [3.63, 3.8) is 0 Å². The van der Waals surface area contributed by atoms with Gasteiger partial charge in [-0.3, -0.25) is 14.9 Å². The molecule has 2 fully saturated rings. The van der Waals surface area contributed by atoms with E-state index in [9.17, 15) is 14.9 Å². The Hall–Kier alpha value is -2.24. The Bertz CT molecular complexity index is 597. The number of non-ortho nitro benzene ring substituents is 1. The van der Waals surface area contributed by atoms with Gasteiger partial charge in [-0.15, -0.1) is 0 Å². The zero-order valence-corrected chi connectivity index (χ0v) is 12.3. The molecule has 22 heavy (non-hydrogen) atoms. The number of amides is 1. The number of nitrogens with zero attached hydrogens (tertiary/aromatic N) is 2. The van der Waals surface area contributed by atoms with Gasteiger partial charge < -0.3 is 0 Å². The average molecular weight is 301 g/mol. The molecule has 0 saturated heterocycles. The number of benzene rings is 1. The van der Waals surface area contributed by atoms with E-state index in [1.165, 1.54) is 37.8 Å². The van der Waals surface area contributed by atoms with Gasteiger partial charge in [-0.2, -0.15) is 5.10 Å². The number of hydrazone groups is 1. The van der Waals surface area contributed by atoms with Crippen LogP contribution in [0.4, 0.5) is 5.69 Å². The van der Waals surface area contributed by atoms with Gasteiger partial charge in [0, 0.05) is 18.3 Å². The maximum Gasteiger partial charge on any atom is 0.269 e. The summed E-state index contributed by atoms with van der Waals surface area (Å²) in [6.45, 7) is 0. The molecule has 0 radical (unpaired) electrons. The van der Waals surface area contributed by atoms with Crippen molar-refractivity contribution >= 4 is 17.8 Å². The van der Waals surface area contributed by atoms with Crippen LogP contribution in [0.1, 0.15) is 31.2 Å². The predicted octanol–water partition coefficient (Wildman–Crippen LogP) is 2.68. The second-order valence-corrected chi connectivity index (χ2v) is 6.25. The lowest BCUT2D eigenvalue weighted by Gasteiger charge is -2.16. The number of hydrogen-bond acceptors (Lipinski definition) is 4. The SMILES string of the molecule is O=C(Cc1ccc([N+](=O)[O-])cc1)N/N=C/C1CC2CCC1C2. The molecule has 3 rings (SSSR count). The van der Waals surface area contributed by atoms with Crippen LogP contribution >= 0.6 is 0 Å². The number of carbonyl (C=O) groups is 1. The Morgan fingerprint density at radius 2 is 2.09 bits per heavy atom. The van der Waals surface area contributed by atoms with E-state index in [2.05, 4.69) is 10.5 Å². The van der Waals surface area contributed by atoms with Gasteiger partial charge in [0.05, 0.1) is 11.3 Å². The zero-order chi connectivity index (χ0) is 15.5. The number of rotatable bonds is 5. The van der Waals surface area contributed by atoms with Gasteiger partial charge in [-0.1, -0.05) is 18.6 Å². The Kier molecular flexibility index (Phi) is 4.18. The summed E-state index contributed by atoms with van der Waals surface area (Å²) in [6.07, 6.45) is 7.21. The number of nitrogens with one attached hydrogen (secondary N) is 1. The molecular weight excluding hydrogens is 282 g/mol. The van der Waals surface area contributed by atoms with E-state index in [0.29, 0.717) is 5.92 Å². The molecule has 0 aliphatic heterocycles. The lowest BCUT2D eigenvalue weighted by molar-refractivity contribution is -0.384. The second kappa shape index (κ2) is 6.25. The molecule has 3 atom stereocenters. The molecule has 1 aromatic carbocycles. The van der Waals surface area contributed by atoms with E-state index in [1.807, 2.05) is 6.21 Å². The number of nitro benzene ring substituents is 1. The van der Waals surface area contributed by atoms with Gasteiger partial charge in [0.25, 0.3) is 5.69 Å². The fourth-order valence-electron chi connectivity index (χ4n) is 3.64. The van der Waals surface area contributed by atoms with Crippen molar-refractivity contribution in [2.24, 2.45) is 22.9 Å². The monoisotopic (exact) mass is 301 g/mol. The van der Waals surface area contributed by atoms with Crippen molar-refractivity contribution in [3.8, 4) is 0 Å². The molecule has 1 aromatic rings. The molecule has 116 valence electrons. The number of nitro groups is 1. The minimum Gasteiger partial charge on any atom is -0.273 e. The molecule has 2 saturated carbocycles. The fraction of sp³-hybridized carbons (Fsp3) is 0.500. The van der Waals surface area contributed by atoms with E-state index in [-0.39, 0.29) is 18.0 Å². The minimum absolute atomic E-state index is 0.0264. The lowest BCUT2D eigenvalue weighted by Crippen LogP contribution is -2.21. The predicted molar refractivity (Wildman–Crippen MR) is 82.4 cm³/mol. The quantitative estimate of drug-likeness (QED) is 0.515. The molecule has 1 amide bonds. The highest BCUT2D eigenvalue weighted by Crippen LogP contribution is 2.47. The van der Waals surface area contributed by atoms with E-state index < -0.39 is 4.92 Å². The summed E-state index contributed by atoms with van der Waals surface area (Å²) in [5.74, 6) is 1.92. The van der Waals surface area contributed by atoms with Crippen molar-refractivity contribution in [3.05, 3.63) is 39.9 Å². The van der Waals surface area contributed by atoms with E-state index in [0.717, 1.165) is 17.4 Å². The van der Waals surface area contributed by atoms with Gasteiger partial charge in [0.15, 0.2) is 0 Å². The van der Waals surface area contributed by atoms with Gasteiger partial charge >= 0.3 is 0 Å². The van der Waals surface area contributed by atoms with Gasteiger partial charge in [-0.25, -0.2) is 5.43 Å². The van der Waals surface area contributed by atoms with Crippen LogP contribution in [-0.4, -0.2) is 17.0 Å². The molecule has 6 nitrogen and oxygen atoms in total. The van der Waals surface area contributed by atoms with Gasteiger partial charge in [0.1, 0.15) is 0 Å². The maximum absolute atomic E-state index is 11.8. The van der Waals surface area contributed by atoms with Crippen LogP contribution in [0.25, 0.3) is 0 Å². The van der Waals surface area contributed by atoms with E-state index in [1.54, 1.807) is 12.1 Å². The van der Waals surface area contributed by atoms with E-state index >= 15 is 0 Å². The first kappa shape index (κ1) is 14.7. The van der Waals surface area contributed by atoms with Gasteiger partial charge in [-0.05, 0) is 42.6 Å². The van der Waals surface area contributed by atoms with E-state index in [4.69, 9.17) is 0 Å². The Labute approximate surface area is 128 Å². The number of hydrogen-bond donors (Lipinski definition) is 1. The van der Waals surface area contributed by atoms with Crippen LogP contribution in [0.5, 0.6) is 0 Å². The standard InChI is InChI=1S/C16H19N3O3/c20-16(9-11-2-5-15(6-3-11)19(21)22)18-17-10-14-8-12-1-4-13(14)7-12/h2-3,5-6,10,12-14H,1,4,7-9H2,(H,18,20)/b17-10+. The van der Waals surface area contributed by atoms with Crippen molar-refractivity contribution < 1.29 is 9.72 Å². The molecule has 2 aliphatic carbocycles. The van der Waals surface area contributed by atoms with Crippen LogP contribution in [0, 0.1) is 27.9 Å². The Balaban J connectivity index is 1.47. The van der Waals surface area contributed by atoms with Crippen LogP contribution < -0.4 is 5.43 Å². The Morgan fingerprint density at radius 3 is 2.68 bits per heavy atom. The summed E-state index contributed by atoms with van der Waals surface area (Å²) >= 11 is 0. The highest BCUT2D eigenvalue weighted by Gasteiger charge is 2.38. The second-order valence-electron chi connectivity index (χ2n) is 6.25. The normalized spacial score (nSPS) is 26.5. The summed E-state index contributed by atoms with van der Waals surface area (Å²) < 4.78 is 0. The average Bonchev–Trinajstić information content (AvgIpc) is 3.10. The molecule has 2 aliphatic rings. The topological polar surface area (TPSA) is 84.6 Å². The highest BCUT2D eigenvalue weighted by molar-refractivity contribution is 5.79. The Morgan fingerprint density at radius 1 is 1.32 bits per heavy atom. The third kappa shape index (κ3) is 3.32. The lowest BCUT2D eigenvalue weighted by atomic mass is 9.90. The summed E-state index contributed by atoms with van der Waals surface area (Å²) in [6, 6.07) is 6.00. The third-order valence-corrected chi connectivity index (χ3v) is 4.76. The molecule has 0 aromatic heterocycles. The van der Waals surface area contributed by atoms with Crippen LogP contribution in [-0.2, 0) is 11.2 Å². The summed E-state index contributed by atoms with van der Waals surface area (Å²) in [5.41, 5.74) is 3.31. The van der Waals surface area contributed by atoms with Crippen molar-refractivity contribution in [2.75, 3.05) is 0 Å². The molecule has 6 heteroatoms. The molecule has 0 heterocycles. The molecule has 1 N–H and O–H groups in total. The summed E-state index contributed by atoms with van der Waals surface area (Å²) in [4.78, 5) is 21.9. The number of carbonyl (C=O) groups excluding carboxylic acids is 1. The first-order valence-corrected chi connectivity index (χ1v) is 7.67. The minimum atomic E-state index is -0.455. The number of fused-ring (bicyclic) bond motifs is 2. The summed E-state index contributed by atoms with van der Waals surface area (Å²) in [7, 11) is 0. The molecule has 2 bridgehead atoms. The molecule has 0 spiro atoms. The van der Waals surface area contributed by atoms with Crippen molar-refractivity contribution in [1.29, 1.82) is 0 Å². The first-order chi connectivity index (χ1) is 10.6. The third-order valence-electron chi connectivity index (χ3n) is 4.76. The molecule has 3 unspecified atom stereocenters. The smallest absolute Gasteiger partial charge is 0.269 e. The van der Waals surface area contributed by atoms with Crippen molar-refractivity contribution in [2.45, 2.75) is 32.1 Å². The maximum atomic E-state index is 11.8. The van der Waals surface area contributed by atoms with Crippen LogP contribution in [0.15, 0.2) is 29.4 Å². The zero-order valence-electron chi connectivity index (χ0n) is 12.3. The first-order valence-electron chi connectivity index (χ1n) is 7.67. The van der Waals surface area contributed by atoms with Crippen LogP contribution in [0.2, 0.25) is 0 Å². The summed E-state index contributed by atoms with van der Waals surface area (Å²) in [5, 5.41) is 14.6.